The number of nitrogens with zero attached hydrogens (tertiary/aromatic N) is 1. The topological polar surface area (TPSA) is 49.8 Å². The van der Waals surface area contributed by atoms with Crippen molar-refractivity contribution in [3.8, 4) is 0 Å². The molecule has 16 heavy (non-hydrogen) atoms. The molecule has 4 heteroatoms. The first-order valence-corrected chi connectivity index (χ1v) is 6.25. The van der Waals surface area contributed by atoms with Gasteiger partial charge in [-0.15, -0.1) is 0 Å². The van der Waals surface area contributed by atoms with E-state index in [-0.39, 0.29) is 12.1 Å². The number of hydrogen-bond donors (Lipinski definition) is 1. The van der Waals surface area contributed by atoms with Crippen LogP contribution in [0.3, 0.4) is 0 Å². The van der Waals surface area contributed by atoms with Gasteiger partial charge < -0.3 is 9.84 Å². The molecule has 0 radical (unpaired) electrons. The van der Waals surface area contributed by atoms with Gasteiger partial charge in [0, 0.05) is 12.6 Å². The summed E-state index contributed by atoms with van der Waals surface area (Å²) in [6.45, 7) is 3.80. The van der Waals surface area contributed by atoms with Gasteiger partial charge in [0.15, 0.2) is 0 Å². The molecule has 1 unspecified atom stereocenters. The second-order valence-corrected chi connectivity index (χ2v) is 4.99. The van der Waals surface area contributed by atoms with Crippen molar-refractivity contribution in [2.75, 3.05) is 19.7 Å². The van der Waals surface area contributed by atoms with Gasteiger partial charge in [-0.2, -0.15) is 0 Å². The van der Waals surface area contributed by atoms with Gasteiger partial charge in [0.25, 0.3) is 0 Å². The lowest BCUT2D eigenvalue weighted by Crippen LogP contribution is -2.52. The number of carboxylic acid groups (broad SMARTS) is 1. The molecule has 2 aliphatic rings. The van der Waals surface area contributed by atoms with Gasteiger partial charge in [0.1, 0.15) is 0 Å². The van der Waals surface area contributed by atoms with Crippen LogP contribution in [-0.2, 0) is 9.53 Å². The van der Waals surface area contributed by atoms with Crippen LogP contribution < -0.4 is 0 Å². The van der Waals surface area contributed by atoms with E-state index in [1.165, 1.54) is 6.42 Å². The van der Waals surface area contributed by atoms with Crippen molar-refractivity contribution in [2.24, 2.45) is 0 Å². The summed E-state index contributed by atoms with van der Waals surface area (Å²) in [4.78, 5) is 12.9. The molecule has 0 amide bonds. The summed E-state index contributed by atoms with van der Waals surface area (Å²) in [5.41, 5.74) is 0.106. The lowest BCUT2D eigenvalue weighted by atomic mass is 9.73. The van der Waals surface area contributed by atoms with Gasteiger partial charge in [-0.3, -0.25) is 9.69 Å². The minimum Gasteiger partial charge on any atom is -0.480 e. The van der Waals surface area contributed by atoms with E-state index in [0.29, 0.717) is 6.04 Å². The number of hydrogen-bond acceptors (Lipinski definition) is 3. The first kappa shape index (κ1) is 11.9. The fourth-order valence-electron chi connectivity index (χ4n) is 2.91. The molecule has 1 aliphatic heterocycles. The number of carboxylic acids is 1. The molecule has 1 aliphatic carbocycles. The molecule has 1 N–H and O–H groups in total. The Morgan fingerprint density at radius 3 is 2.81 bits per heavy atom. The largest absolute Gasteiger partial charge is 0.480 e. The Morgan fingerprint density at radius 2 is 2.31 bits per heavy atom. The van der Waals surface area contributed by atoms with E-state index in [4.69, 9.17) is 9.84 Å². The van der Waals surface area contributed by atoms with Gasteiger partial charge in [-0.1, -0.05) is 6.92 Å². The van der Waals surface area contributed by atoms with Crippen LogP contribution >= 0.6 is 0 Å². The molecule has 0 aromatic carbocycles. The molecule has 2 fully saturated rings. The van der Waals surface area contributed by atoms with Crippen LogP contribution in [0.4, 0.5) is 0 Å². The van der Waals surface area contributed by atoms with Crippen LogP contribution in [0.5, 0.6) is 0 Å². The number of likely N-dealkylation sites (N-methyl/N-ethyl adjacent to an activating group) is 1. The molecule has 0 aromatic heterocycles. The number of rotatable bonds is 4. The molecular weight excluding hydrogens is 206 g/mol. The van der Waals surface area contributed by atoms with Crippen LogP contribution in [0.15, 0.2) is 0 Å². The number of ether oxygens (including phenoxy) is 1. The minimum atomic E-state index is -0.726. The Kier molecular flexibility index (Phi) is 3.50. The fourth-order valence-corrected chi connectivity index (χ4v) is 2.91. The van der Waals surface area contributed by atoms with E-state index in [1.807, 2.05) is 6.92 Å². The molecule has 1 saturated heterocycles. The highest BCUT2D eigenvalue weighted by Crippen LogP contribution is 2.43. The van der Waals surface area contributed by atoms with Gasteiger partial charge in [0.05, 0.1) is 12.1 Å². The zero-order chi connectivity index (χ0) is 11.6. The molecule has 92 valence electrons. The predicted molar refractivity (Wildman–Crippen MR) is 60.4 cm³/mol. The van der Waals surface area contributed by atoms with E-state index >= 15 is 0 Å². The van der Waals surface area contributed by atoms with Gasteiger partial charge in [-0.25, -0.2) is 0 Å². The second kappa shape index (κ2) is 4.72. The third-order valence-corrected chi connectivity index (χ3v) is 3.99. The van der Waals surface area contributed by atoms with Crippen molar-refractivity contribution in [2.45, 2.75) is 50.7 Å². The SMILES string of the molecule is CCN(CC(=O)O)C1CCOC2(CCC2)C1. The van der Waals surface area contributed by atoms with E-state index < -0.39 is 5.97 Å². The maximum absolute atomic E-state index is 10.8. The van der Waals surface area contributed by atoms with Crippen LogP contribution in [-0.4, -0.2) is 47.3 Å². The fraction of sp³-hybridized carbons (Fsp3) is 0.917. The van der Waals surface area contributed by atoms with Crippen LogP contribution in [0, 0.1) is 0 Å². The molecule has 1 spiro atoms. The zero-order valence-electron chi connectivity index (χ0n) is 9.95. The quantitative estimate of drug-likeness (QED) is 0.790. The Balaban J connectivity index is 1.93. The lowest BCUT2D eigenvalue weighted by Gasteiger charge is -2.49. The standard InChI is InChI=1S/C12H21NO3/c1-2-13(9-11(14)15)10-4-7-16-12(8-10)5-3-6-12/h10H,2-9H2,1H3,(H,14,15). The summed E-state index contributed by atoms with van der Waals surface area (Å²) in [5.74, 6) is -0.726. The van der Waals surface area contributed by atoms with Crippen molar-refractivity contribution in [1.29, 1.82) is 0 Å². The van der Waals surface area contributed by atoms with Crippen LogP contribution in [0.2, 0.25) is 0 Å². The van der Waals surface area contributed by atoms with Crippen molar-refractivity contribution < 1.29 is 14.6 Å². The Hall–Kier alpha value is -0.610. The third-order valence-electron chi connectivity index (χ3n) is 3.99. The maximum Gasteiger partial charge on any atom is 0.317 e. The van der Waals surface area contributed by atoms with Crippen molar-refractivity contribution in [1.82, 2.24) is 4.90 Å². The average molecular weight is 227 g/mol. The molecule has 4 nitrogen and oxygen atoms in total. The highest BCUT2D eigenvalue weighted by molar-refractivity contribution is 5.69. The normalized spacial score (nSPS) is 28.0. The van der Waals surface area contributed by atoms with Gasteiger partial charge in [0.2, 0.25) is 0 Å². The summed E-state index contributed by atoms with van der Waals surface area (Å²) in [5, 5.41) is 8.87. The number of carbonyl (C=O) groups is 1. The average Bonchev–Trinajstić information content (AvgIpc) is 2.23. The van der Waals surface area contributed by atoms with Crippen molar-refractivity contribution in [3.63, 3.8) is 0 Å². The summed E-state index contributed by atoms with van der Waals surface area (Å²) in [7, 11) is 0. The first-order valence-electron chi connectivity index (χ1n) is 6.25. The maximum atomic E-state index is 10.8. The molecule has 0 aromatic rings. The van der Waals surface area contributed by atoms with Crippen molar-refractivity contribution in [3.05, 3.63) is 0 Å². The molecule has 2 rings (SSSR count). The lowest BCUT2D eigenvalue weighted by molar-refractivity contribution is -0.154. The molecule has 1 heterocycles. The highest BCUT2D eigenvalue weighted by atomic mass is 16.5. The highest BCUT2D eigenvalue weighted by Gasteiger charge is 2.43. The number of aliphatic carboxylic acids is 1. The Bertz CT molecular complexity index is 263. The zero-order valence-corrected chi connectivity index (χ0v) is 9.95. The summed E-state index contributed by atoms with van der Waals surface area (Å²) >= 11 is 0. The van der Waals surface area contributed by atoms with Crippen LogP contribution in [0.25, 0.3) is 0 Å². The smallest absolute Gasteiger partial charge is 0.317 e. The van der Waals surface area contributed by atoms with E-state index in [0.717, 1.165) is 38.8 Å². The van der Waals surface area contributed by atoms with E-state index in [1.54, 1.807) is 0 Å². The minimum absolute atomic E-state index is 0.106. The van der Waals surface area contributed by atoms with Crippen LogP contribution in [0.1, 0.15) is 39.0 Å². The third kappa shape index (κ3) is 2.38. The molecule has 0 bridgehead atoms. The van der Waals surface area contributed by atoms with Crippen molar-refractivity contribution >= 4 is 5.97 Å². The summed E-state index contributed by atoms with van der Waals surface area (Å²) in [6.07, 6.45) is 5.58. The Morgan fingerprint density at radius 1 is 1.56 bits per heavy atom. The van der Waals surface area contributed by atoms with Gasteiger partial charge in [-0.05, 0) is 38.6 Å². The second-order valence-electron chi connectivity index (χ2n) is 4.99. The van der Waals surface area contributed by atoms with E-state index in [2.05, 4.69) is 4.90 Å². The first-order chi connectivity index (χ1) is 7.65. The molecule has 1 atom stereocenters. The summed E-state index contributed by atoms with van der Waals surface area (Å²) < 4.78 is 5.86. The predicted octanol–water partition coefficient (Wildman–Crippen LogP) is 1.49. The monoisotopic (exact) mass is 227 g/mol. The Labute approximate surface area is 96.6 Å². The molecular formula is C12H21NO3. The molecule has 1 saturated carbocycles. The van der Waals surface area contributed by atoms with E-state index in [9.17, 15) is 4.79 Å². The summed E-state index contributed by atoms with van der Waals surface area (Å²) in [6, 6.07) is 0.398. The van der Waals surface area contributed by atoms with Gasteiger partial charge >= 0.3 is 5.97 Å².